The molecule has 1 aromatic heterocycles. The maximum Gasteiger partial charge on any atom is 0.335 e. The highest BCUT2D eigenvalue weighted by Gasteiger charge is 2.20. The molecule has 7 nitrogen and oxygen atoms in total. The fraction of sp³-hybridized carbons (Fsp3) is 0.125. The van der Waals surface area contributed by atoms with Crippen molar-refractivity contribution < 1.29 is 14.7 Å². The van der Waals surface area contributed by atoms with Crippen LogP contribution in [0.1, 0.15) is 40.0 Å². The summed E-state index contributed by atoms with van der Waals surface area (Å²) in [5.74, 6) is -1.35. The summed E-state index contributed by atoms with van der Waals surface area (Å²) in [6.45, 7) is 1.55. The van der Waals surface area contributed by atoms with Crippen molar-refractivity contribution in [1.29, 1.82) is 10.5 Å². The molecule has 0 aliphatic carbocycles. The van der Waals surface area contributed by atoms with E-state index >= 15 is 0 Å². The number of aromatic nitrogens is 1. The van der Waals surface area contributed by atoms with E-state index in [0.717, 1.165) is 0 Å². The molecule has 1 N–H and O–H groups in total. The highest BCUT2D eigenvalue weighted by atomic mass is 35.5. The Balaban J connectivity index is 1.95. The molecule has 3 rings (SSSR count). The van der Waals surface area contributed by atoms with Crippen molar-refractivity contribution in [3.05, 3.63) is 92.4 Å². The van der Waals surface area contributed by atoms with Gasteiger partial charge in [0.2, 0.25) is 0 Å². The summed E-state index contributed by atoms with van der Waals surface area (Å²) in [4.78, 5) is 36.5. The predicted octanol–water partition coefficient (Wildman–Crippen LogP) is 3.98. The molecule has 158 valence electrons. The molecule has 0 aliphatic rings. The SMILES string of the molecule is CC(C(=O)Cc1ccc(C(=O)O)cc1)n1cc(C#N)c(-c2cc(Cl)ccc2C#N)cc1=O. The zero-order chi connectivity index (χ0) is 23.4. The fourth-order valence-electron chi connectivity index (χ4n) is 3.27. The van der Waals surface area contributed by atoms with Crippen LogP contribution < -0.4 is 5.56 Å². The number of benzene rings is 2. The molecule has 1 atom stereocenters. The van der Waals surface area contributed by atoms with Gasteiger partial charge in [-0.1, -0.05) is 23.7 Å². The van der Waals surface area contributed by atoms with E-state index in [-0.39, 0.29) is 34.5 Å². The third-order valence-electron chi connectivity index (χ3n) is 5.06. The number of hydrogen-bond acceptors (Lipinski definition) is 5. The van der Waals surface area contributed by atoms with Crippen molar-refractivity contribution in [2.24, 2.45) is 0 Å². The Morgan fingerprint density at radius 2 is 1.66 bits per heavy atom. The first-order chi connectivity index (χ1) is 15.2. The van der Waals surface area contributed by atoms with E-state index in [0.29, 0.717) is 16.1 Å². The van der Waals surface area contributed by atoms with Gasteiger partial charge in [-0.3, -0.25) is 9.59 Å². The second kappa shape index (κ2) is 9.30. The summed E-state index contributed by atoms with van der Waals surface area (Å²) < 4.78 is 1.17. The number of halogens is 1. The van der Waals surface area contributed by atoms with Crippen LogP contribution in [0, 0.1) is 22.7 Å². The van der Waals surface area contributed by atoms with E-state index < -0.39 is 17.6 Å². The highest BCUT2D eigenvalue weighted by molar-refractivity contribution is 6.31. The molecule has 3 aromatic rings. The number of hydrogen-bond donors (Lipinski definition) is 1. The third kappa shape index (κ3) is 4.59. The van der Waals surface area contributed by atoms with Crippen LogP contribution in [0.5, 0.6) is 0 Å². The minimum Gasteiger partial charge on any atom is -0.478 e. The van der Waals surface area contributed by atoms with Crippen LogP contribution in [0.4, 0.5) is 0 Å². The third-order valence-corrected chi connectivity index (χ3v) is 5.29. The van der Waals surface area contributed by atoms with Crippen molar-refractivity contribution in [2.45, 2.75) is 19.4 Å². The maximum absolute atomic E-state index is 12.8. The number of rotatable bonds is 6. The lowest BCUT2D eigenvalue weighted by Gasteiger charge is -2.16. The minimum absolute atomic E-state index is 0.00990. The fourth-order valence-corrected chi connectivity index (χ4v) is 3.44. The first-order valence-corrected chi connectivity index (χ1v) is 9.84. The zero-order valence-electron chi connectivity index (χ0n) is 16.9. The number of nitrogens with zero attached hydrogens (tertiary/aromatic N) is 3. The van der Waals surface area contributed by atoms with Gasteiger partial charge in [-0.15, -0.1) is 0 Å². The normalized spacial score (nSPS) is 11.2. The van der Waals surface area contributed by atoms with Crippen LogP contribution in [-0.4, -0.2) is 21.4 Å². The van der Waals surface area contributed by atoms with Crippen molar-refractivity contribution in [2.75, 3.05) is 0 Å². The molecule has 0 saturated carbocycles. The van der Waals surface area contributed by atoms with E-state index in [1.165, 1.54) is 41.1 Å². The van der Waals surface area contributed by atoms with Gasteiger partial charge in [-0.25, -0.2) is 4.79 Å². The van der Waals surface area contributed by atoms with Gasteiger partial charge in [0.25, 0.3) is 5.56 Å². The number of Topliss-reactive ketones (excluding diaryl/α,β-unsaturated/α-hetero) is 1. The second-order valence-corrected chi connectivity index (χ2v) is 7.52. The largest absolute Gasteiger partial charge is 0.478 e. The van der Waals surface area contributed by atoms with Gasteiger partial charge >= 0.3 is 5.97 Å². The number of nitriles is 2. The first kappa shape index (κ1) is 22.5. The molecule has 8 heteroatoms. The summed E-state index contributed by atoms with van der Waals surface area (Å²) in [6.07, 6.45) is 1.29. The van der Waals surface area contributed by atoms with Gasteiger partial charge in [0, 0.05) is 34.8 Å². The lowest BCUT2D eigenvalue weighted by molar-refractivity contribution is -0.121. The quantitative estimate of drug-likeness (QED) is 0.611. The summed E-state index contributed by atoms with van der Waals surface area (Å²) in [7, 11) is 0. The average molecular weight is 446 g/mol. The molecule has 0 radical (unpaired) electrons. The van der Waals surface area contributed by atoms with Gasteiger partial charge in [0.05, 0.1) is 28.8 Å². The maximum atomic E-state index is 12.8. The number of pyridine rings is 1. The molecule has 0 bridgehead atoms. The molecule has 0 spiro atoms. The Morgan fingerprint density at radius 1 is 1.03 bits per heavy atom. The zero-order valence-corrected chi connectivity index (χ0v) is 17.6. The number of aromatic carboxylic acids is 1. The minimum atomic E-state index is -1.06. The van der Waals surface area contributed by atoms with E-state index in [1.54, 1.807) is 25.1 Å². The van der Waals surface area contributed by atoms with E-state index in [2.05, 4.69) is 0 Å². The Morgan fingerprint density at radius 3 is 2.25 bits per heavy atom. The average Bonchev–Trinajstić information content (AvgIpc) is 2.78. The summed E-state index contributed by atoms with van der Waals surface area (Å²) in [6, 6.07) is 14.8. The molecule has 0 amide bonds. The molecule has 1 unspecified atom stereocenters. The van der Waals surface area contributed by atoms with Crippen LogP contribution in [0.3, 0.4) is 0 Å². The van der Waals surface area contributed by atoms with Crippen LogP contribution in [0.15, 0.2) is 59.5 Å². The van der Waals surface area contributed by atoms with E-state index in [9.17, 15) is 24.9 Å². The number of carboxylic acids is 1. The van der Waals surface area contributed by atoms with Crippen molar-refractivity contribution >= 4 is 23.4 Å². The van der Waals surface area contributed by atoms with Gasteiger partial charge < -0.3 is 9.67 Å². The summed E-state index contributed by atoms with van der Waals surface area (Å²) >= 11 is 6.03. The van der Waals surface area contributed by atoms with E-state index in [4.69, 9.17) is 16.7 Å². The standard InChI is InChI=1S/C24H16ClN3O4/c1-14(22(29)8-15-2-4-16(5-3-15)24(31)32)28-13-18(12-27)21(10-23(28)30)20-9-19(25)7-6-17(20)11-26/h2-7,9-10,13-14H,8H2,1H3,(H,31,32). The van der Waals surface area contributed by atoms with Gasteiger partial charge in [-0.2, -0.15) is 10.5 Å². The molecule has 0 fully saturated rings. The number of carboxylic acid groups (broad SMARTS) is 1. The summed E-state index contributed by atoms with van der Waals surface area (Å²) in [5, 5.41) is 28.3. The summed E-state index contributed by atoms with van der Waals surface area (Å²) in [5.41, 5.74) is 1.21. The number of ketones is 1. The highest BCUT2D eigenvalue weighted by Crippen LogP contribution is 2.29. The first-order valence-electron chi connectivity index (χ1n) is 9.46. The van der Waals surface area contributed by atoms with Crippen LogP contribution in [-0.2, 0) is 11.2 Å². The lowest BCUT2D eigenvalue weighted by Crippen LogP contribution is -2.29. The Labute approximate surface area is 188 Å². The van der Waals surface area contributed by atoms with E-state index in [1.807, 2.05) is 12.1 Å². The van der Waals surface area contributed by atoms with Gasteiger partial charge in [0.15, 0.2) is 5.78 Å². The topological polar surface area (TPSA) is 124 Å². The number of carbonyl (C=O) groups is 2. The molecular weight excluding hydrogens is 430 g/mol. The molecule has 1 heterocycles. The van der Waals surface area contributed by atoms with Gasteiger partial charge in [0.1, 0.15) is 6.07 Å². The molecule has 2 aromatic carbocycles. The van der Waals surface area contributed by atoms with Crippen LogP contribution >= 0.6 is 11.6 Å². The van der Waals surface area contributed by atoms with Crippen molar-refractivity contribution in [1.82, 2.24) is 4.57 Å². The molecule has 0 saturated heterocycles. The Kier molecular flexibility index (Phi) is 6.53. The van der Waals surface area contributed by atoms with Crippen molar-refractivity contribution in [3.63, 3.8) is 0 Å². The Bertz CT molecular complexity index is 1360. The predicted molar refractivity (Wildman–Crippen MR) is 117 cm³/mol. The van der Waals surface area contributed by atoms with Crippen LogP contribution in [0.25, 0.3) is 11.1 Å². The van der Waals surface area contributed by atoms with Gasteiger partial charge in [-0.05, 0) is 42.8 Å². The lowest BCUT2D eigenvalue weighted by atomic mass is 9.97. The Hall–Kier alpha value is -4.20. The smallest absolute Gasteiger partial charge is 0.335 e. The van der Waals surface area contributed by atoms with Crippen molar-refractivity contribution in [3.8, 4) is 23.3 Å². The monoisotopic (exact) mass is 445 g/mol. The molecular formula is C24H16ClN3O4. The number of carbonyl (C=O) groups excluding carboxylic acids is 1. The molecule has 32 heavy (non-hydrogen) atoms. The second-order valence-electron chi connectivity index (χ2n) is 7.08. The molecule has 0 aliphatic heterocycles. The van der Waals surface area contributed by atoms with Crippen LogP contribution in [0.2, 0.25) is 5.02 Å².